The fourth-order valence-electron chi connectivity index (χ4n) is 6.16. The van der Waals surface area contributed by atoms with Crippen molar-refractivity contribution in [3.8, 4) is 11.5 Å². The van der Waals surface area contributed by atoms with Gasteiger partial charge in [0.2, 0.25) is 5.91 Å². The van der Waals surface area contributed by atoms with Gasteiger partial charge in [-0.2, -0.15) is 0 Å². The van der Waals surface area contributed by atoms with Crippen molar-refractivity contribution in [2.24, 2.45) is 17.3 Å². The molecule has 4 saturated carbocycles. The quantitative estimate of drug-likeness (QED) is 0.690. The van der Waals surface area contributed by atoms with Gasteiger partial charge < -0.3 is 14.8 Å². The van der Waals surface area contributed by atoms with Gasteiger partial charge in [-0.1, -0.05) is 15.9 Å². The average Bonchev–Trinajstić information content (AvgIpc) is 2.57. The zero-order chi connectivity index (χ0) is 18.4. The molecule has 142 valence electrons. The Morgan fingerprint density at radius 3 is 2.54 bits per heavy atom. The number of carbonyl (C=O) groups excluding carboxylic acids is 1. The molecule has 2 unspecified atom stereocenters. The standard InChI is InChI=1S/C21H28BrNO3/c1-25-17-3-4-18(26-2)16(6-17)12-23-19(24)11-20-7-14-5-15(8-20)10-21(22,9-14)13-20/h3-4,6,14-15H,5,7-13H2,1-2H3,(H,23,24). The molecular formula is C21H28BrNO3. The van der Waals surface area contributed by atoms with Crippen molar-refractivity contribution in [3.05, 3.63) is 23.8 Å². The molecule has 0 radical (unpaired) electrons. The third-order valence-electron chi connectivity index (χ3n) is 6.61. The molecule has 1 amide bonds. The maximum Gasteiger partial charge on any atom is 0.220 e. The van der Waals surface area contributed by atoms with E-state index in [1.807, 2.05) is 18.2 Å². The molecule has 4 aliphatic rings. The van der Waals surface area contributed by atoms with Crippen LogP contribution in [-0.4, -0.2) is 24.5 Å². The Morgan fingerprint density at radius 2 is 1.92 bits per heavy atom. The molecule has 5 heteroatoms. The van der Waals surface area contributed by atoms with Crippen LogP contribution in [0.3, 0.4) is 0 Å². The van der Waals surface area contributed by atoms with E-state index in [2.05, 4.69) is 21.2 Å². The molecule has 1 N–H and O–H groups in total. The third kappa shape index (κ3) is 3.47. The van der Waals surface area contributed by atoms with E-state index >= 15 is 0 Å². The lowest BCUT2D eigenvalue weighted by Crippen LogP contribution is -2.54. The van der Waals surface area contributed by atoms with Gasteiger partial charge in [0, 0.05) is 22.9 Å². The van der Waals surface area contributed by atoms with E-state index < -0.39 is 0 Å². The summed E-state index contributed by atoms with van der Waals surface area (Å²) in [6, 6.07) is 5.68. The summed E-state index contributed by atoms with van der Waals surface area (Å²) in [6.07, 6.45) is 8.24. The lowest BCUT2D eigenvalue weighted by atomic mass is 9.48. The van der Waals surface area contributed by atoms with Crippen molar-refractivity contribution in [2.75, 3.05) is 14.2 Å². The smallest absolute Gasteiger partial charge is 0.220 e. The summed E-state index contributed by atoms with van der Waals surface area (Å²) < 4.78 is 11.0. The van der Waals surface area contributed by atoms with Gasteiger partial charge in [-0.15, -0.1) is 0 Å². The highest BCUT2D eigenvalue weighted by Gasteiger charge is 2.57. The van der Waals surface area contributed by atoms with Crippen molar-refractivity contribution in [3.63, 3.8) is 0 Å². The molecule has 4 nitrogen and oxygen atoms in total. The number of ether oxygens (including phenoxy) is 2. The van der Waals surface area contributed by atoms with Crippen LogP contribution in [0.1, 0.15) is 50.5 Å². The van der Waals surface area contributed by atoms with E-state index in [1.54, 1.807) is 14.2 Å². The predicted octanol–water partition coefficient (Wildman–Crippen LogP) is 4.44. The third-order valence-corrected chi connectivity index (χ3v) is 7.54. The lowest BCUT2D eigenvalue weighted by molar-refractivity contribution is -0.128. The second kappa shape index (κ2) is 6.74. The van der Waals surface area contributed by atoms with E-state index in [-0.39, 0.29) is 11.3 Å². The first-order valence-corrected chi connectivity index (χ1v) is 10.4. The van der Waals surface area contributed by atoms with Crippen molar-refractivity contribution >= 4 is 21.8 Å². The van der Waals surface area contributed by atoms with Crippen LogP contribution in [0.15, 0.2) is 18.2 Å². The van der Waals surface area contributed by atoms with Gasteiger partial charge in [0.1, 0.15) is 11.5 Å². The van der Waals surface area contributed by atoms with Crippen LogP contribution in [0.4, 0.5) is 0 Å². The van der Waals surface area contributed by atoms with Crippen LogP contribution < -0.4 is 14.8 Å². The van der Waals surface area contributed by atoms with E-state index in [9.17, 15) is 4.79 Å². The maximum atomic E-state index is 12.8. The number of amides is 1. The molecule has 4 bridgehead atoms. The highest BCUT2D eigenvalue weighted by molar-refractivity contribution is 9.10. The fraction of sp³-hybridized carbons (Fsp3) is 0.667. The zero-order valence-corrected chi connectivity index (χ0v) is 17.2. The van der Waals surface area contributed by atoms with Crippen LogP contribution >= 0.6 is 15.9 Å². The molecule has 0 saturated heterocycles. The number of rotatable bonds is 6. The summed E-state index contributed by atoms with van der Waals surface area (Å²) >= 11 is 4.03. The number of carbonyl (C=O) groups is 1. The number of benzene rings is 1. The number of hydrogen-bond donors (Lipinski definition) is 1. The minimum atomic E-state index is 0.160. The maximum absolute atomic E-state index is 12.8. The number of alkyl halides is 1. The fourth-order valence-corrected chi connectivity index (χ4v) is 7.67. The first kappa shape index (κ1) is 18.1. The van der Waals surface area contributed by atoms with Crippen molar-refractivity contribution in [1.29, 1.82) is 0 Å². The minimum absolute atomic E-state index is 0.160. The predicted molar refractivity (Wildman–Crippen MR) is 105 cm³/mol. The van der Waals surface area contributed by atoms with Gasteiger partial charge in [0.05, 0.1) is 14.2 Å². The molecule has 4 aliphatic carbocycles. The van der Waals surface area contributed by atoms with E-state index in [4.69, 9.17) is 9.47 Å². The summed E-state index contributed by atoms with van der Waals surface area (Å²) in [4.78, 5) is 12.8. The highest BCUT2D eigenvalue weighted by atomic mass is 79.9. The Hall–Kier alpha value is -1.23. The summed E-state index contributed by atoms with van der Waals surface area (Å²) in [7, 11) is 3.30. The normalized spacial score (nSPS) is 34.6. The second-order valence-electron chi connectivity index (χ2n) is 8.74. The Bertz CT molecular complexity index is 690. The Labute approximate surface area is 164 Å². The van der Waals surface area contributed by atoms with Gasteiger partial charge in [0.15, 0.2) is 0 Å². The molecular weight excluding hydrogens is 394 g/mol. The molecule has 1 aromatic carbocycles. The number of hydrogen-bond acceptors (Lipinski definition) is 3. The summed E-state index contributed by atoms with van der Waals surface area (Å²) in [5.41, 5.74) is 1.15. The Kier molecular flexibility index (Phi) is 4.70. The van der Waals surface area contributed by atoms with Crippen LogP contribution in [-0.2, 0) is 11.3 Å². The highest BCUT2D eigenvalue weighted by Crippen LogP contribution is 2.65. The Balaban J connectivity index is 1.41. The van der Waals surface area contributed by atoms with Gasteiger partial charge in [-0.05, 0) is 74.0 Å². The monoisotopic (exact) mass is 421 g/mol. The summed E-state index contributed by atoms with van der Waals surface area (Å²) in [5, 5.41) is 3.12. The second-order valence-corrected chi connectivity index (χ2v) is 10.4. The van der Waals surface area contributed by atoms with Crippen LogP contribution in [0.2, 0.25) is 0 Å². The van der Waals surface area contributed by atoms with Crippen molar-refractivity contribution in [1.82, 2.24) is 5.32 Å². The van der Waals surface area contributed by atoms with Gasteiger partial charge in [-0.25, -0.2) is 0 Å². The molecule has 0 heterocycles. The van der Waals surface area contributed by atoms with Crippen LogP contribution in [0.25, 0.3) is 0 Å². The zero-order valence-electron chi connectivity index (χ0n) is 15.6. The number of methoxy groups -OCH3 is 2. The molecule has 0 spiro atoms. The van der Waals surface area contributed by atoms with E-state index in [0.717, 1.165) is 35.3 Å². The molecule has 0 aliphatic heterocycles. The summed E-state index contributed by atoms with van der Waals surface area (Å²) in [5.74, 6) is 3.33. The van der Waals surface area contributed by atoms with Crippen molar-refractivity contribution < 1.29 is 14.3 Å². The molecule has 1 aromatic rings. The van der Waals surface area contributed by atoms with E-state index in [1.165, 1.54) is 32.1 Å². The minimum Gasteiger partial charge on any atom is -0.497 e. The molecule has 5 rings (SSSR count). The Morgan fingerprint density at radius 1 is 1.19 bits per heavy atom. The lowest BCUT2D eigenvalue weighted by Gasteiger charge is -2.60. The van der Waals surface area contributed by atoms with Gasteiger partial charge in [0.25, 0.3) is 0 Å². The van der Waals surface area contributed by atoms with Crippen LogP contribution in [0, 0.1) is 17.3 Å². The molecule has 26 heavy (non-hydrogen) atoms. The first-order chi connectivity index (χ1) is 12.4. The largest absolute Gasteiger partial charge is 0.497 e. The van der Waals surface area contributed by atoms with Gasteiger partial charge >= 0.3 is 0 Å². The van der Waals surface area contributed by atoms with Crippen molar-refractivity contribution in [2.45, 2.75) is 55.8 Å². The first-order valence-electron chi connectivity index (χ1n) is 9.59. The van der Waals surface area contributed by atoms with Gasteiger partial charge in [-0.3, -0.25) is 4.79 Å². The number of halogens is 1. The SMILES string of the molecule is COc1ccc(OC)c(CNC(=O)CC23CC4CC(CC(Br)(C4)C2)C3)c1. The number of nitrogens with one attached hydrogen (secondary N) is 1. The molecule has 0 aromatic heterocycles. The average molecular weight is 422 g/mol. The molecule has 2 atom stereocenters. The van der Waals surface area contributed by atoms with E-state index in [0.29, 0.717) is 17.3 Å². The topological polar surface area (TPSA) is 47.6 Å². The van der Waals surface area contributed by atoms with Crippen LogP contribution in [0.5, 0.6) is 11.5 Å². The summed E-state index contributed by atoms with van der Waals surface area (Å²) in [6.45, 7) is 0.474. The molecule has 4 fully saturated rings.